The number of allylic oxidation sites excluding steroid dienone is 3. The first-order valence-electron chi connectivity index (χ1n) is 11.2. The first-order chi connectivity index (χ1) is 17.7. The SMILES string of the molecule is O=C1C=C(c2ccc(C(F)(F)F)cc2)NC2C=C(c3ccc(F)cc3F)/C=C\C(c3ccccc3)=N/N12. The van der Waals surface area contributed by atoms with Crippen molar-refractivity contribution in [2.75, 3.05) is 0 Å². The predicted molar refractivity (Wildman–Crippen MR) is 130 cm³/mol. The molecule has 0 spiro atoms. The van der Waals surface area contributed by atoms with Gasteiger partial charge < -0.3 is 5.32 Å². The molecule has 2 heterocycles. The lowest BCUT2D eigenvalue weighted by Crippen LogP contribution is -2.48. The van der Waals surface area contributed by atoms with Gasteiger partial charge in [-0.05, 0) is 47.6 Å². The molecule has 9 heteroatoms. The van der Waals surface area contributed by atoms with Crippen molar-refractivity contribution in [2.24, 2.45) is 5.10 Å². The first kappa shape index (κ1) is 24.2. The number of benzene rings is 3. The average Bonchev–Trinajstić information content (AvgIpc) is 2.85. The number of hydrogen-bond acceptors (Lipinski definition) is 3. The molecular weight excluding hydrogens is 489 g/mol. The highest BCUT2D eigenvalue weighted by atomic mass is 19.4. The maximum absolute atomic E-state index is 14.7. The van der Waals surface area contributed by atoms with Crippen molar-refractivity contribution < 1.29 is 26.7 Å². The third kappa shape index (κ3) is 5.06. The lowest BCUT2D eigenvalue weighted by molar-refractivity contribution is -0.137. The zero-order valence-electron chi connectivity index (χ0n) is 19.0. The Morgan fingerprint density at radius 2 is 1.59 bits per heavy atom. The van der Waals surface area contributed by atoms with Gasteiger partial charge in [-0.15, -0.1) is 0 Å². The maximum Gasteiger partial charge on any atom is 0.416 e. The van der Waals surface area contributed by atoms with E-state index in [4.69, 9.17) is 0 Å². The number of alkyl halides is 3. The Balaban J connectivity index is 1.60. The normalized spacial score (nSPS) is 19.9. The Morgan fingerprint density at radius 1 is 0.865 bits per heavy atom. The van der Waals surface area contributed by atoms with Gasteiger partial charge in [-0.1, -0.05) is 48.5 Å². The fourth-order valence-corrected chi connectivity index (χ4v) is 4.03. The summed E-state index contributed by atoms with van der Waals surface area (Å²) in [6.45, 7) is 0. The molecule has 0 bridgehead atoms. The van der Waals surface area contributed by atoms with E-state index in [1.54, 1.807) is 42.5 Å². The van der Waals surface area contributed by atoms with Gasteiger partial charge in [-0.3, -0.25) is 4.79 Å². The molecule has 3 aromatic carbocycles. The molecule has 0 aromatic heterocycles. The van der Waals surface area contributed by atoms with Crippen LogP contribution in [-0.4, -0.2) is 22.8 Å². The number of halogens is 5. The molecule has 1 atom stereocenters. The smallest absolute Gasteiger partial charge is 0.360 e. The monoisotopic (exact) mass is 507 g/mol. The van der Waals surface area contributed by atoms with E-state index in [1.807, 2.05) is 6.07 Å². The van der Waals surface area contributed by atoms with Crippen LogP contribution >= 0.6 is 0 Å². The van der Waals surface area contributed by atoms with Crippen molar-refractivity contribution in [1.29, 1.82) is 0 Å². The van der Waals surface area contributed by atoms with Crippen LogP contribution in [-0.2, 0) is 11.0 Å². The summed E-state index contributed by atoms with van der Waals surface area (Å²) in [5.41, 5.74) is 1.38. The highest BCUT2D eigenvalue weighted by molar-refractivity contribution is 6.11. The van der Waals surface area contributed by atoms with Gasteiger partial charge in [0.2, 0.25) is 0 Å². The van der Waals surface area contributed by atoms with E-state index >= 15 is 0 Å². The largest absolute Gasteiger partial charge is 0.416 e. The van der Waals surface area contributed by atoms with Crippen LogP contribution in [0, 0.1) is 11.6 Å². The van der Waals surface area contributed by atoms with Crippen molar-refractivity contribution in [3.63, 3.8) is 0 Å². The Kier molecular flexibility index (Phi) is 6.20. The summed E-state index contributed by atoms with van der Waals surface area (Å²) in [4.78, 5) is 13.2. The summed E-state index contributed by atoms with van der Waals surface area (Å²) in [6.07, 6.45) is 0.614. The Bertz CT molecular complexity index is 1470. The number of carbonyl (C=O) groups excluding carboxylic acids is 1. The molecule has 0 saturated carbocycles. The predicted octanol–water partition coefficient (Wildman–Crippen LogP) is 6.14. The van der Waals surface area contributed by atoms with E-state index < -0.39 is 35.4 Å². The highest BCUT2D eigenvalue weighted by Crippen LogP contribution is 2.31. The Labute approximate surface area is 208 Å². The lowest BCUT2D eigenvalue weighted by Gasteiger charge is -2.33. The molecule has 0 fully saturated rings. The second kappa shape index (κ2) is 9.50. The third-order valence-corrected chi connectivity index (χ3v) is 5.87. The molecule has 2 aliphatic rings. The van der Waals surface area contributed by atoms with E-state index in [-0.39, 0.29) is 11.3 Å². The molecular formula is C28H18F5N3O. The van der Waals surface area contributed by atoms with Gasteiger partial charge in [0.15, 0.2) is 0 Å². The van der Waals surface area contributed by atoms with Crippen molar-refractivity contribution in [2.45, 2.75) is 12.3 Å². The topological polar surface area (TPSA) is 44.7 Å². The lowest BCUT2D eigenvalue weighted by atomic mass is 10.00. The zero-order valence-corrected chi connectivity index (χ0v) is 19.0. The van der Waals surface area contributed by atoms with Crippen LogP contribution in [0.5, 0.6) is 0 Å². The second-order valence-corrected chi connectivity index (χ2v) is 8.34. The molecule has 1 amide bonds. The minimum Gasteiger partial charge on any atom is -0.360 e. The summed E-state index contributed by atoms with van der Waals surface area (Å²) in [6, 6.07) is 16.6. The maximum atomic E-state index is 14.7. The molecule has 0 saturated heterocycles. The van der Waals surface area contributed by atoms with Crippen molar-refractivity contribution in [1.82, 2.24) is 10.3 Å². The van der Waals surface area contributed by atoms with Gasteiger partial charge in [0, 0.05) is 29.0 Å². The minimum atomic E-state index is -4.50. The summed E-state index contributed by atoms with van der Waals surface area (Å²) < 4.78 is 67.3. The van der Waals surface area contributed by atoms with Crippen molar-refractivity contribution in [3.8, 4) is 0 Å². The summed E-state index contributed by atoms with van der Waals surface area (Å²) in [5.74, 6) is -2.05. The zero-order chi connectivity index (χ0) is 26.2. The highest BCUT2D eigenvalue weighted by Gasteiger charge is 2.32. The molecule has 1 unspecified atom stereocenters. The number of amides is 1. The molecule has 0 aliphatic carbocycles. The fraction of sp³-hybridized carbons (Fsp3) is 0.0714. The second-order valence-electron chi connectivity index (χ2n) is 8.34. The van der Waals surface area contributed by atoms with Crippen LogP contribution in [0.1, 0.15) is 22.3 Å². The minimum absolute atomic E-state index is 0.104. The van der Waals surface area contributed by atoms with Crippen LogP contribution in [0.4, 0.5) is 22.0 Å². The fourth-order valence-electron chi connectivity index (χ4n) is 4.03. The van der Waals surface area contributed by atoms with E-state index in [1.165, 1.54) is 29.3 Å². The molecule has 1 N–H and O–H groups in total. The van der Waals surface area contributed by atoms with Gasteiger partial charge in [-0.25, -0.2) is 13.8 Å². The number of hydrogen-bond donors (Lipinski definition) is 1. The van der Waals surface area contributed by atoms with Gasteiger partial charge >= 0.3 is 6.18 Å². The quantitative estimate of drug-likeness (QED) is 0.433. The average molecular weight is 507 g/mol. The first-order valence-corrected chi connectivity index (χ1v) is 11.2. The number of fused-ring (bicyclic) bond motifs is 1. The third-order valence-electron chi connectivity index (χ3n) is 5.87. The standard InChI is InChI=1S/C28H18F5N3O/c29-21-11-12-22(23(30)15-21)19-8-13-24(17-4-2-1-3-5-17)35-36-26(14-19)34-25(16-27(36)37)18-6-9-20(10-7-18)28(31,32)33/h1-16,26,34H/b13-8-,19-14?,35-24+. The summed E-state index contributed by atoms with van der Waals surface area (Å²) in [5, 5.41) is 8.78. The van der Waals surface area contributed by atoms with E-state index in [2.05, 4.69) is 10.4 Å². The van der Waals surface area contributed by atoms with E-state index in [9.17, 15) is 26.7 Å². The van der Waals surface area contributed by atoms with Crippen LogP contribution in [0.2, 0.25) is 0 Å². The molecule has 5 rings (SSSR count). The van der Waals surface area contributed by atoms with Crippen LogP contribution < -0.4 is 5.32 Å². The number of carbonyl (C=O) groups is 1. The van der Waals surface area contributed by atoms with Gasteiger partial charge in [0.25, 0.3) is 5.91 Å². The molecule has 4 nitrogen and oxygen atoms in total. The molecule has 2 aliphatic heterocycles. The van der Waals surface area contributed by atoms with Crippen LogP contribution in [0.3, 0.4) is 0 Å². The molecule has 186 valence electrons. The Hall–Kier alpha value is -4.53. The van der Waals surface area contributed by atoms with Crippen LogP contribution in [0.25, 0.3) is 11.3 Å². The summed E-state index contributed by atoms with van der Waals surface area (Å²) in [7, 11) is 0. The van der Waals surface area contributed by atoms with E-state index in [0.29, 0.717) is 22.4 Å². The van der Waals surface area contributed by atoms with Crippen LogP contribution in [0.15, 0.2) is 102 Å². The Morgan fingerprint density at radius 3 is 2.27 bits per heavy atom. The van der Waals surface area contributed by atoms with Gasteiger partial charge in [0.1, 0.15) is 17.8 Å². The number of hydrazone groups is 1. The van der Waals surface area contributed by atoms with E-state index in [0.717, 1.165) is 24.3 Å². The van der Waals surface area contributed by atoms with Crippen molar-refractivity contribution >= 4 is 22.9 Å². The van der Waals surface area contributed by atoms with Gasteiger partial charge in [-0.2, -0.15) is 18.3 Å². The van der Waals surface area contributed by atoms with Gasteiger partial charge in [0.05, 0.1) is 11.3 Å². The molecule has 3 aromatic rings. The molecule has 37 heavy (non-hydrogen) atoms. The number of nitrogens with zero attached hydrogens (tertiary/aromatic N) is 2. The summed E-state index contributed by atoms with van der Waals surface area (Å²) >= 11 is 0. The number of nitrogens with one attached hydrogen (secondary N) is 1. The molecule has 0 radical (unpaired) electrons. The number of rotatable bonds is 3. The van der Waals surface area contributed by atoms with Crippen molar-refractivity contribution in [3.05, 3.63) is 131 Å².